The lowest BCUT2D eigenvalue weighted by atomic mass is 10.0. The van der Waals surface area contributed by atoms with Crippen molar-refractivity contribution in [3.63, 3.8) is 0 Å². The van der Waals surface area contributed by atoms with Gasteiger partial charge in [0.25, 0.3) is 0 Å². The van der Waals surface area contributed by atoms with Crippen molar-refractivity contribution < 1.29 is 9.13 Å². The number of hydrogen-bond donors (Lipinski definition) is 0. The van der Waals surface area contributed by atoms with E-state index in [1.165, 1.54) is 12.1 Å². The van der Waals surface area contributed by atoms with E-state index in [9.17, 15) is 4.39 Å². The van der Waals surface area contributed by atoms with Crippen LogP contribution < -0.4 is 0 Å². The first-order chi connectivity index (χ1) is 9.56. The molecule has 3 atom stereocenters. The fourth-order valence-electron chi connectivity index (χ4n) is 2.86. The molecule has 5 heteroatoms. The Morgan fingerprint density at radius 3 is 3.00 bits per heavy atom. The number of fused-ring (bicyclic) bond motifs is 1. The molecule has 0 spiro atoms. The molecule has 0 saturated carbocycles. The zero-order chi connectivity index (χ0) is 14.3. The monoisotopic (exact) mass is 296 g/mol. The van der Waals surface area contributed by atoms with Crippen molar-refractivity contribution in [2.24, 2.45) is 5.92 Å². The first kappa shape index (κ1) is 13.8. The number of rotatable bonds is 3. The van der Waals surface area contributed by atoms with Gasteiger partial charge in [-0.15, -0.1) is 11.6 Å². The molecule has 0 bridgehead atoms. The Morgan fingerprint density at radius 2 is 2.35 bits per heavy atom. The first-order valence-corrected chi connectivity index (χ1v) is 7.41. The van der Waals surface area contributed by atoms with Gasteiger partial charge in [0.05, 0.1) is 22.5 Å². The summed E-state index contributed by atoms with van der Waals surface area (Å²) in [6.07, 6.45) is 1.24. The Morgan fingerprint density at radius 1 is 1.55 bits per heavy atom. The van der Waals surface area contributed by atoms with E-state index < -0.39 is 0 Å². The normalized spacial score (nSPS) is 24.4. The number of hydrogen-bond acceptors (Lipinski definition) is 2. The van der Waals surface area contributed by atoms with E-state index in [2.05, 4.69) is 11.9 Å². The van der Waals surface area contributed by atoms with Crippen molar-refractivity contribution in [2.45, 2.75) is 38.3 Å². The average Bonchev–Trinajstić information content (AvgIpc) is 2.95. The van der Waals surface area contributed by atoms with Crippen LogP contribution in [0.3, 0.4) is 0 Å². The number of aromatic nitrogens is 2. The van der Waals surface area contributed by atoms with Gasteiger partial charge in [-0.2, -0.15) is 0 Å². The summed E-state index contributed by atoms with van der Waals surface area (Å²) >= 11 is 6.23. The van der Waals surface area contributed by atoms with Crippen LogP contribution in [0.2, 0.25) is 0 Å². The van der Waals surface area contributed by atoms with E-state index in [0.29, 0.717) is 5.92 Å². The molecule has 1 aliphatic heterocycles. The van der Waals surface area contributed by atoms with Crippen LogP contribution in [0.5, 0.6) is 0 Å². The second kappa shape index (κ2) is 5.34. The molecule has 3 rings (SSSR count). The lowest BCUT2D eigenvalue weighted by Crippen LogP contribution is -2.19. The van der Waals surface area contributed by atoms with Crippen molar-refractivity contribution in [2.75, 3.05) is 6.61 Å². The van der Waals surface area contributed by atoms with Crippen LogP contribution in [0.1, 0.15) is 31.5 Å². The van der Waals surface area contributed by atoms with Gasteiger partial charge in [0.15, 0.2) is 0 Å². The standard InChI is InChI=1S/C15H18ClFN2O/c1-9(16)15-18-13-4-3-12(17)7-14(13)19(15)8-11-5-6-20-10(11)2/h3-4,7,9-11H,5-6,8H2,1-2H3. The van der Waals surface area contributed by atoms with E-state index in [-0.39, 0.29) is 17.3 Å². The topological polar surface area (TPSA) is 27.1 Å². The molecule has 0 N–H and O–H groups in total. The highest BCUT2D eigenvalue weighted by Crippen LogP contribution is 2.29. The van der Waals surface area contributed by atoms with Crippen molar-refractivity contribution in [3.8, 4) is 0 Å². The van der Waals surface area contributed by atoms with Gasteiger partial charge in [0, 0.05) is 19.1 Å². The largest absolute Gasteiger partial charge is 0.378 e. The quantitative estimate of drug-likeness (QED) is 0.803. The number of ether oxygens (including phenoxy) is 1. The summed E-state index contributed by atoms with van der Waals surface area (Å²) in [5, 5.41) is -0.205. The Hall–Kier alpha value is -1.13. The Bertz CT molecular complexity index is 626. The number of alkyl halides is 1. The van der Waals surface area contributed by atoms with Gasteiger partial charge in [0.1, 0.15) is 11.6 Å². The van der Waals surface area contributed by atoms with Crippen LogP contribution >= 0.6 is 11.6 Å². The van der Waals surface area contributed by atoms with Crippen LogP contribution in [-0.4, -0.2) is 22.3 Å². The lowest BCUT2D eigenvalue weighted by Gasteiger charge is -2.18. The van der Waals surface area contributed by atoms with E-state index in [1.807, 2.05) is 11.5 Å². The zero-order valence-corrected chi connectivity index (χ0v) is 12.4. The smallest absolute Gasteiger partial charge is 0.127 e. The van der Waals surface area contributed by atoms with E-state index in [1.54, 1.807) is 6.07 Å². The summed E-state index contributed by atoms with van der Waals surface area (Å²) in [5.74, 6) is 0.972. The SMILES string of the molecule is CC(Cl)c1nc2ccc(F)cc2n1CC1CCOC1C. The third-order valence-corrected chi connectivity index (χ3v) is 4.24. The summed E-state index contributed by atoms with van der Waals surface area (Å²) in [6.45, 7) is 5.54. The van der Waals surface area contributed by atoms with E-state index in [0.717, 1.165) is 36.4 Å². The maximum absolute atomic E-state index is 13.5. The molecule has 2 heterocycles. The second-order valence-corrected chi connectivity index (χ2v) is 6.11. The molecular weight excluding hydrogens is 279 g/mol. The number of halogens is 2. The predicted molar refractivity (Wildman–Crippen MR) is 77.5 cm³/mol. The predicted octanol–water partition coefficient (Wildman–Crippen LogP) is 3.90. The molecule has 3 nitrogen and oxygen atoms in total. The van der Waals surface area contributed by atoms with Gasteiger partial charge in [-0.3, -0.25) is 0 Å². The van der Waals surface area contributed by atoms with E-state index >= 15 is 0 Å². The Balaban J connectivity index is 2.05. The molecule has 20 heavy (non-hydrogen) atoms. The number of nitrogens with zero attached hydrogens (tertiary/aromatic N) is 2. The molecule has 1 aliphatic rings. The van der Waals surface area contributed by atoms with Crippen LogP contribution in [-0.2, 0) is 11.3 Å². The minimum atomic E-state index is -0.247. The molecule has 0 amide bonds. The fraction of sp³-hybridized carbons (Fsp3) is 0.533. The molecule has 0 aliphatic carbocycles. The van der Waals surface area contributed by atoms with Gasteiger partial charge in [-0.05, 0) is 38.5 Å². The van der Waals surface area contributed by atoms with E-state index in [4.69, 9.17) is 16.3 Å². The van der Waals surface area contributed by atoms with Gasteiger partial charge < -0.3 is 9.30 Å². The summed E-state index contributed by atoms with van der Waals surface area (Å²) in [7, 11) is 0. The number of imidazole rings is 1. The second-order valence-electron chi connectivity index (χ2n) is 5.45. The van der Waals surface area contributed by atoms with Gasteiger partial charge in [0.2, 0.25) is 0 Å². The zero-order valence-electron chi connectivity index (χ0n) is 11.6. The highest BCUT2D eigenvalue weighted by molar-refractivity contribution is 6.20. The molecule has 108 valence electrons. The Kier molecular flexibility index (Phi) is 3.69. The van der Waals surface area contributed by atoms with Gasteiger partial charge in [-0.1, -0.05) is 0 Å². The van der Waals surface area contributed by atoms with Crippen LogP contribution in [0, 0.1) is 11.7 Å². The average molecular weight is 297 g/mol. The molecule has 1 aromatic heterocycles. The van der Waals surface area contributed by atoms with Crippen LogP contribution in [0.25, 0.3) is 11.0 Å². The minimum absolute atomic E-state index is 0.205. The van der Waals surface area contributed by atoms with Crippen molar-refractivity contribution in [1.82, 2.24) is 9.55 Å². The minimum Gasteiger partial charge on any atom is -0.378 e. The molecule has 2 aromatic rings. The summed E-state index contributed by atoms with van der Waals surface area (Å²) in [5.41, 5.74) is 1.60. The third-order valence-electron chi connectivity index (χ3n) is 4.05. The molecule has 1 fully saturated rings. The highest BCUT2D eigenvalue weighted by Gasteiger charge is 2.27. The summed E-state index contributed by atoms with van der Waals surface area (Å²) in [6, 6.07) is 4.67. The van der Waals surface area contributed by atoms with Crippen molar-refractivity contribution >= 4 is 22.6 Å². The maximum Gasteiger partial charge on any atom is 0.127 e. The van der Waals surface area contributed by atoms with Gasteiger partial charge in [-0.25, -0.2) is 9.37 Å². The molecular formula is C15H18ClFN2O. The first-order valence-electron chi connectivity index (χ1n) is 6.97. The number of benzene rings is 1. The molecule has 3 unspecified atom stereocenters. The molecule has 0 radical (unpaired) electrons. The van der Waals surface area contributed by atoms with Crippen LogP contribution in [0.4, 0.5) is 4.39 Å². The summed E-state index contributed by atoms with van der Waals surface area (Å²) < 4.78 is 21.2. The molecule has 1 aromatic carbocycles. The Labute approximate surface area is 122 Å². The van der Waals surface area contributed by atoms with Gasteiger partial charge >= 0.3 is 0 Å². The van der Waals surface area contributed by atoms with Crippen molar-refractivity contribution in [1.29, 1.82) is 0 Å². The highest BCUT2D eigenvalue weighted by atomic mass is 35.5. The third kappa shape index (κ3) is 2.42. The van der Waals surface area contributed by atoms with Crippen molar-refractivity contribution in [3.05, 3.63) is 29.8 Å². The van der Waals surface area contributed by atoms with Crippen LogP contribution in [0.15, 0.2) is 18.2 Å². The summed E-state index contributed by atoms with van der Waals surface area (Å²) in [4.78, 5) is 4.54. The fourth-order valence-corrected chi connectivity index (χ4v) is 3.03. The maximum atomic E-state index is 13.5. The molecule has 1 saturated heterocycles. The lowest BCUT2D eigenvalue weighted by molar-refractivity contribution is 0.102.